The van der Waals surface area contributed by atoms with Crippen LogP contribution in [0.1, 0.15) is 31.9 Å². The summed E-state index contributed by atoms with van der Waals surface area (Å²) in [5, 5.41) is 2.95. The largest absolute Gasteiger partial charge is 0.573 e. The predicted molar refractivity (Wildman–Crippen MR) is 70.8 cm³/mol. The first-order valence-electron chi connectivity index (χ1n) is 6.63. The molecule has 1 aromatic rings. The molecule has 1 atom stereocenters. The molecule has 1 aromatic carbocycles. The van der Waals surface area contributed by atoms with Crippen molar-refractivity contribution in [3.05, 3.63) is 29.8 Å². The second kappa shape index (κ2) is 7.87. The first-order valence-corrected chi connectivity index (χ1v) is 6.63. The van der Waals surface area contributed by atoms with Crippen molar-refractivity contribution in [2.75, 3.05) is 13.2 Å². The Balaban J connectivity index is 2.95. The lowest BCUT2D eigenvalue weighted by atomic mass is 10.1. The molecule has 1 rings (SSSR count). The van der Waals surface area contributed by atoms with E-state index < -0.39 is 18.4 Å². The normalized spacial score (nSPS) is 12.8. The van der Waals surface area contributed by atoms with E-state index in [2.05, 4.69) is 10.1 Å². The molecule has 1 N–H and O–H groups in total. The Morgan fingerprint density at radius 3 is 2.62 bits per heavy atom. The lowest BCUT2D eigenvalue weighted by Gasteiger charge is -2.18. The standard InChI is InChI=1S/C14H18F3NO3/c1-3-8-18-12(13(19)20-4-2)10-6-5-7-11(9-10)21-14(15,16)17/h5-7,9,12,18H,3-4,8H2,1-2H3. The summed E-state index contributed by atoms with van der Waals surface area (Å²) in [7, 11) is 0. The van der Waals surface area contributed by atoms with Gasteiger partial charge in [0.05, 0.1) is 6.61 Å². The lowest BCUT2D eigenvalue weighted by Crippen LogP contribution is -2.31. The summed E-state index contributed by atoms with van der Waals surface area (Å²) >= 11 is 0. The molecular formula is C14H18F3NO3. The third-order valence-corrected chi connectivity index (χ3v) is 2.55. The highest BCUT2D eigenvalue weighted by Crippen LogP contribution is 2.26. The molecule has 0 spiro atoms. The molecule has 0 amide bonds. The zero-order chi connectivity index (χ0) is 15.9. The smallest absolute Gasteiger partial charge is 0.465 e. The molecule has 118 valence electrons. The first kappa shape index (κ1) is 17.3. The van der Waals surface area contributed by atoms with Crippen LogP contribution in [0, 0.1) is 0 Å². The van der Waals surface area contributed by atoms with Crippen molar-refractivity contribution < 1.29 is 27.4 Å². The monoisotopic (exact) mass is 305 g/mol. The van der Waals surface area contributed by atoms with Crippen molar-refractivity contribution in [3.8, 4) is 5.75 Å². The van der Waals surface area contributed by atoms with Gasteiger partial charge in [-0.2, -0.15) is 0 Å². The lowest BCUT2D eigenvalue weighted by molar-refractivity contribution is -0.274. The number of hydrogen-bond acceptors (Lipinski definition) is 4. The van der Waals surface area contributed by atoms with Gasteiger partial charge in [-0.1, -0.05) is 19.1 Å². The van der Waals surface area contributed by atoms with Crippen molar-refractivity contribution >= 4 is 5.97 Å². The van der Waals surface area contributed by atoms with Crippen molar-refractivity contribution in [1.29, 1.82) is 0 Å². The number of halogens is 3. The van der Waals surface area contributed by atoms with Crippen molar-refractivity contribution in [2.45, 2.75) is 32.7 Å². The number of ether oxygens (including phenoxy) is 2. The molecule has 0 saturated carbocycles. The number of benzene rings is 1. The van der Waals surface area contributed by atoms with Crippen LogP contribution in [0.2, 0.25) is 0 Å². The van der Waals surface area contributed by atoms with E-state index in [1.165, 1.54) is 18.2 Å². The molecule has 0 saturated heterocycles. The van der Waals surface area contributed by atoms with E-state index in [-0.39, 0.29) is 12.4 Å². The molecule has 7 heteroatoms. The van der Waals surface area contributed by atoms with Crippen LogP contribution < -0.4 is 10.1 Å². The van der Waals surface area contributed by atoms with Crippen molar-refractivity contribution in [3.63, 3.8) is 0 Å². The average molecular weight is 305 g/mol. The summed E-state index contributed by atoms with van der Waals surface area (Å²) in [5.41, 5.74) is 0.364. The van der Waals surface area contributed by atoms with E-state index in [1.807, 2.05) is 6.92 Å². The molecule has 0 radical (unpaired) electrons. The van der Waals surface area contributed by atoms with E-state index in [1.54, 1.807) is 13.0 Å². The van der Waals surface area contributed by atoms with Crippen LogP contribution >= 0.6 is 0 Å². The fourth-order valence-corrected chi connectivity index (χ4v) is 1.74. The van der Waals surface area contributed by atoms with Gasteiger partial charge < -0.3 is 14.8 Å². The van der Waals surface area contributed by atoms with Gasteiger partial charge in [0.1, 0.15) is 11.8 Å². The van der Waals surface area contributed by atoms with Gasteiger partial charge in [-0.15, -0.1) is 13.2 Å². The van der Waals surface area contributed by atoms with Crippen molar-refractivity contribution in [1.82, 2.24) is 5.32 Å². The molecule has 0 aromatic heterocycles. The van der Waals surface area contributed by atoms with Gasteiger partial charge in [0, 0.05) is 0 Å². The van der Waals surface area contributed by atoms with Crippen LogP contribution in [0.5, 0.6) is 5.75 Å². The zero-order valence-corrected chi connectivity index (χ0v) is 11.9. The van der Waals surface area contributed by atoms with Crippen LogP contribution in [-0.4, -0.2) is 25.5 Å². The fraction of sp³-hybridized carbons (Fsp3) is 0.500. The van der Waals surface area contributed by atoms with E-state index >= 15 is 0 Å². The van der Waals surface area contributed by atoms with Gasteiger partial charge in [-0.3, -0.25) is 0 Å². The van der Waals surface area contributed by atoms with Gasteiger partial charge >= 0.3 is 12.3 Å². The van der Waals surface area contributed by atoms with Crippen LogP contribution in [0.4, 0.5) is 13.2 Å². The molecule has 0 aliphatic carbocycles. The molecule has 0 fully saturated rings. The van der Waals surface area contributed by atoms with E-state index in [9.17, 15) is 18.0 Å². The SMILES string of the molecule is CCCNC(C(=O)OCC)c1cccc(OC(F)(F)F)c1. The molecule has 21 heavy (non-hydrogen) atoms. The van der Waals surface area contributed by atoms with E-state index in [0.29, 0.717) is 12.1 Å². The number of carbonyl (C=O) groups excluding carboxylic acids is 1. The summed E-state index contributed by atoms with van der Waals surface area (Å²) < 4.78 is 45.5. The summed E-state index contributed by atoms with van der Waals surface area (Å²) in [5.74, 6) is -0.900. The first-order chi connectivity index (χ1) is 9.87. The fourth-order valence-electron chi connectivity index (χ4n) is 1.74. The van der Waals surface area contributed by atoms with Crippen LogP contribution in [-0.2, 0) is 9.53 Å². The Morgan fingerprint density at radius 1 is 1.33 bits per heavy atom. The summed E-state index contributed by atoms with van der Waals surface area (Å²) in [6.07, 6.45) is -4.00. The molecule has 0 bridgehead atoms. The molecule has 0 aliphatic heterocycles. The predicted octanol–water partition coefficient (Wildman–Crippen LogP) is 3.19. The zero-order valence-electron chi connectivity index (χ0n) is 11.9. The second-order valence-electron chi connectivity index (χ2n) is 4.26. The molecular weight excluding hydrogens is 287 g/mol. The molecule has 4 nitrogen and oxygen atoms in total. The van der Waals surface area contributed by atoms with Crippen LogP contribution in [0.15, 0.2) is 24.3 Å². The minimum atomic E-state index is -4.77. The highest BCUT2D eigenvalue weighted by Gasteiger charge is 2.31. The van der Waals surface area contributed by atoms with Crippen molar-refractivity contribution in [2.24, 2.45) is 0 Å². The highest BCUT2D eigenvalue weighted by molar-refractivity contribution is 5.77. The van der Waals surface area contributed by atoms with Gasteiger partial charge in [0.25, 0.3) is 0 Å². The maximum atomic E-state index is 12.2. The Morgan fingerprint density at radius 2 is 2.05 bits per heavy atom. The Labute approximate surface area is 121 Å². The van der Waals surface area contributed by atoms with Crippen LogP contribution in [0.25, 0.3) is 0 Å². The Bertz CT molecular complexity index is 463. The summed E-state index contributed by atoms with van der Waals surface area (Å²) in [6, 6.07) is 4.49. The highest BCUT2D eigenvalue weighted by atomic mass is 19.4. The van der Waals surface area contributed by atoms with Crippen LogP contribution in [0.3, 0.4) is 0 Å². The Kier molecular flexibility index (Phi) is 6.48. The molecule has 1 unspecified atom stereocenters. The van der Waals surface area contributed by atoms with E-state index in [0.717, 1.165) is 6.42 Å². The second-order valence-corrected chi connectivity index (χ2v) is 4.26. The maximum Gasteiger partial charge on any atom is 0.573 e. The van der Waals surface area contributed by atoms with Gasteiger partial charge in [0.15, 0.2) is 0 Å². The number of nitrogens with one attached hydrogen (secondary N) is 1. The van der Waals surface area contributed by atoms with Gasteiger partial charge in [-0.25, -0.2) is 4.79 Å². The van der Waals surface area contributed by atoms with E-state index in [4.69, 9.17) is 4.74 Å². The molecule has 0 heterocycles. The minimum absolute atomic E-state index is 0.196. The summed E-state index contributed by atoms with van der Waals surface area (Å²) in [6.45, 7) is 4.31. The number of carbonyl (C=O) groups is 1. The average Bonchev–Trinajstić information content (AvgIpc) is 2.38. The number of hydrogen-bond donors (Lipinski definition) is 1. The topological polar surface area (TPSA) is 47.6 Å². The third kappa shape index (κ3) is 6.03. The summed E-state index contributed by atoms with van der Waals surface area (Å²) in [4.78, 5) is 11.9. The Hall–Kier alpha value is -1.76. The third-order valence-electron chi connectivity index (χ3n) is 2.55. The maximum absolute atomic E-state index is 12.2. The quantitative estimate of drug-likeness (QED) is 0.786. The van der Waals surface area contributed by atoms with Gasteiger partial charge in [0.2, 0.25) is 0 Å². The van der Waals surface area contributed by atoms with Gasteiger partial charge in [-0.05, 0) is 37.6 Å². The number of alkyl halides is 3. The molecule has 0 aliphatic rings. The minimum Gasteiger partial charge on any atom is -0.465 e. The number of rotatable bonds is 7. The number of esters is 1.